The third-order valence-electron chi connectivity index (χ3n) is 3.32. The number of alkyl halides is 3. The molecule has 1 aromatic carbocycles. The molecule has 0 saturated carbocycles. The lowest BCUT2D eigenvalue weighted by molar-refractivity contribution is -0.384. The molecule has 0 unspecified atom stereocenters. The van der Waals surface area contributed by atoms with Crippen LogP contribution in [0.25, 0.3) is 0 Å². The zero-order chi connectivity index (χ0) is 17.4. The molecule has 1 aliphatic heterocycles. The maximum atomic E-state index is 13.0. The summed E-state index contributed by atoms with van der Waals surface area (Å²) in [6, 6.07) is 4.79. The van der Waals surface area contributed by atoms with E-state index in [2.05, 4.69) is 5.10 Å². The summed E-state index contributed by atoms with van der Waals surface area (Å²) in [4.78, 5) is 22.0. The van der Waals surface area contributed by atoms with Crippen molar-refractivity contribution in [1.29, 1.82) is 0 Å². The van der Waals surface area contributed by atoms with Crippen molar-refractivity contribution in [1.82, 2.24) is 5.01 Å². The molecule has 0 aromatic heterocycles. The normalized spacial score (nSPS) is 21.3. The van der Waals surface area contributed by atoms with Gasteiger partial charge in [0, 0.05) is 24.3 Å². The predicted octanol–water partition coefficient (Wildman–Crippen LogP) is 2.00. The van der Waals surface area contributed by atoms with Crippen LogP contribution in [0.2, 0.25) is 0 Å². The molecule has 124 valence electrons. The van der Waals surface area contributed by atoms with Gasteiger partial charge in [-0.3, -0.25) is 14.9 Å². The SMILES string of the molecule is CC1=NN(C(=O)Cc2ccc([N+](=O)[O-])cc2)[C@@](O)(C(F)(F)F)C1. The minimum absolute atomic E-state index is 0.0260. The molecule has 0 saturated heterocycles. The Bertz CT molecular complexity index is 672. The first-order valence-electron chi connectivity index (χ1n) is 6.44. The van der Waals surface area contributed by atoms with Crippen molar-refractivity contribution >= 4 is 17.3 Å². The van der Waals surface area contributed by atoms with E-state index >= 15 is 0 Å². The number of nitro groups is 1. The van der Waals surface area contributed by atoms with Crippen molar-refractivity contribution in [2.45, 2.75) is 31.7 Å². The molecule has 0 fully saturated rings. The summed E-state index contributed by atoms with van der Waals surface area (Å²) in [5.74, 6) is -1.06. The maximum Gasteiger partial charge on any atom is 0.438 e. The summed E-state index contributed by atoms with van der Waals surface area (Å²) in [6.07, 6.45) is -6.35. The molecule has 7 nitrogen and oxygen atoms in total. The number of benzene rings is 1. The highest BCUT2D eigenvalue weighted by Crippen LogP contribution is 2.40. The van der Waals surface area contributed by atoms with Crippen molar-refractivity contribution in [3.8, 4) is 0 Å². The van der Waals surface area contributed by atoms with E-state index in [4.69, 9.17) is 0 Å². The number of rotatable bonds is 3. The van der Waals surface area contributed by atoms with Gasteiger partial charge in [0.2, 0.25) is 5.91 Å². The van der Waals surface area contributed by atoms with E-state index in [1.165, 1.54) is 19.1 Å². The van der Waals surface area contributed by atoms with Gasteiger partial charge in [0.15, 0.2) is 0 Å². The zero-order valence-electron chi connectivity index (χ0n) is 11.9. The number of carbonyl (C=O) groups is 1. The lowest BCUT2D eigenvalue weighted by atomic mass is 10.1. The van der Waals surface area contributed by atoms with Crippen LogP contribution in [0, 0.1) is 10.1 Å². The Morgan fingerprint density at radius 1 is 1.43 bits per heavy atom. The number of aliphatic hydroxyl groups is 1. The minimum atomic E-state index is -5.06. The van der Waals surface area contributed by atoms with Gasteiger partial charge in [-0.15, -0.1) is 0 Å². The number of amides is 1. The number of non-ortho nitro benzene ring substituents is 1. The van der Waals surface area contributed by atoms with Gasteiger partial charge in [-0.1, -0.05) is 12.1 Å². The highest BCUT2D eigenvalue weighted by molar-refractivity contribution is 5.89. The Balaban J connectivity index is 2.20. The molecule has 0 spiro atoms. The minimum Gasteiger partial charge on any atom is -0.362 e. The van der Waals surface area contributed by atoms with E-state index in [9.17, 15) is 33.2 Å². The largest absolute Gasteiger partial charge is 0.438 e. The third kappa shape index (κ3) is 3.16. The van der Waals surface area contributed by atoms with Gasteiger partial charge in [-0.25, -0.2) is 0 Å². The smallest absolute Gasteiger partial charge is 0.362 e. The molecule has 1 aromatic rings. The van der Waals surface area contributed by atoms with Crippen molar-refractivity contribution in [2.24, 2.45) is 5.10 Å². The third-order valence-corrected chi connectivity index (χ3v) is 3.32. The van der Waals surface area contributed by atoms with Crippen LogP contribution in [0.4, 0.5) is 18.9 Å². The summed E-state index contributed by atoms with van der Waals surface area (Å²) in [6.45, 7) is 1.27. The van der Waals surface area contributed by atoms with Gasteiger partial charge in [0.1, 0.15) is 0 Å². The predicted molar refractivity (Wildman–Crippen MR) is 72.4 cm³/mol. The van der Waals surface area contributed by atoms with Crippen LogP contribution >= 0.6 is 0 Å². The first-order chi connectivity index (χ1) is 10.5. The first kappa shape index (κ1) is 16.9. The van der Waals surface area contributed by atoms with E-state index < -0.39 is 35.6 Å². The summed E-state index contributed by atoms with van der Waals surface area (Å²) in [7, 11) is 0. The number of hydrogen-bond donors (Lipinski definition) is 1. The molecule has 0 bridgehead atoms. The molecular formula is C13H12F3N3O4. The molecule has 1 N–H and O–H groups in total. The second-order valence-corrected chi connectivity index (χ2v) is 5.13. The van der Waals surface area contributed by atoms with Crippen molar-refractivity contribution < 1.29 is 28.0 Å². The standard InChI is InChI=1S/C13H12F3N3O4/c1-8-7-12(21,13(14,15)16)18(17-8)11(20)6-9-2-4-10(5-3-9)19(22)23/h2-5,21H,6-7H2,1H3/t12-/m0/s1. The summed E-state index contributed by atoms with van der Waals surface area (Å²) in [5, 5.41) is 23.8. The van der Waals surface area contributed by atoms with E-state index in [1.807, 2.05) is 0 Å². The molecule has 0 radical (unpaired) electrons. The molecule has 2 rings (SSSR count). The van der Waals surface area contributed by atoms with Crippen LogP contribution in [0.1, 0.15) is 18.9 Å². The number of nitro benzene ring substituents is 1. The zero-order valence-corrected chi connectivity index (χ0v) is 11.9. The number of hydrazone groups is 1. The fourth-order valence-corrected chi connectivity index (χ4v) is 2.19. The molecule has 10 heteroatoms. The van der Waals surface area contributed by atoms with Gasteiger partial charge in [0.25, 0.3) is 11.4 Å². The monoisotopic (exact) mass is 331 g/mol. The summed E-state index contributed by atoms with van der Waals surface area (Å²) in [5.41, 5.74) is -3.33. The first-order valence-corrected chi connectivity index (χ1v) is 6.44. The highest BCUT2D eigenvalue weighted by atomic mass is 19.4. The Hall–Kier alpha value is -2.49. The fourth-order valence-electron chi connectivity index (χ4n) is 2.19. The van der Waals surface area contributed by atoms with Crippen molar-refractivity contribution in [3.63, 3.8) is 0 Å². The Kier molecular flexibility index (Phi) is 4.12. The average molecular weight is 331 g/mol. The topological polar surface area (TPSA) is 96.0 Å². The second kappa shape index (κ2) is 5.61. The van der Waals surface area contributed by atoms with Gasteiger partial charge >= 0.3 is 6.18 Å². The Labute approximate surface area is 128 Å². The number of nitrogens with zero attached hydrogens (tertiary/aromatic N) is 3. The number of carbonyl (C=O) groups excluding carboxylic acids is 1. The molecule has 23 heavy (non-hydrogen) atoms. The van der Waals surface area contributed by atoms with Gasteiger partial charge in [-0.05, 0) is 12.5 Å². The van der Waals surface area contributed by atoms with Gasteiger partial charge in [0.05, 0.1) is 11.3 Å². The van der Waals surface area contributed by atoms with Crippen LogP contribution in [0.3, 0.4) is 0 Å². The molecule has 1 amide bonds. The average Bonchev–Trinajstić information content (AvgIpc) is 2.75. The van der Waals surface area contributed by atoms with Crippen molar-refractivity contribution in [3.05, 3.63) is 39.9 Å². The summed E-state index contributed by atoms with van der Waals surface area (Å²) < 4.78 is 39.1. The second-order valence-electron chi connectivity index (χ2n) is 5.13. The molecular weight excluding hydrogens is 319 g/mol. The quantitative estimate of drug-likeness (QED) is 0.677. The lowest BCUT2D eigenvalue weighted by Crippen LogP contribution is -2.57. The lowest BCUT2D eigenvalue weighted by Gasteiger charge is -2.32. The van der Waals surface area contributed by atoms with E-state index in [-0.39, 0.29) is 22.0 Å². The highest BCUT2D eigenvalue weighted by Gasteiger charge is 2.62. The Morgan fingerprint density at radius 2 is 2.00 bits per heavy atom. The van der Waals surface area contributed by atoms with Crippen LogP contribution in [-0.2, 0) is 11.2 Å². The molecule has 1 heterocycles. The fraction of sp³-hybridized carbons (Fsp3) is 0.385. The molecule has 1 atom stereocenters. The van der Waals surface area contributed by atoms with Gasteiger partial charge in [-0.2, -0.15) is 23.3 Å². The van der Waals surface area contributed by atoms with Crippen molar-refractivity contribution in [2.75, 3.05) is 0 Å². The van der Waals surface area contributed by atoms with Crippen LogP contribution in [0.15, 0.2) is 29.4 Å². The van der Waals surface area contributed by atoms with Crippen LogP contribution < -0.4 is 0 Å². The number of halogens is 3. The molecule has 1 aliphatic rings. The Morgan fingerprint density at radius 3 is 2.48 bits per heavy atom. The van der Waals surface area contributed by atoms with Crippen LogP contribution in [-0.4, -0.2) is 38.6 Å². The maximum absolute atomic E-state index is 13.0. The van der Waals surface area contributed by atoms with Gasteiger partial charge < -0.3 is 5.11 Å². The van der Waals surface area contributed by atoms with Crippen LogP contribution in [0.5, 0.6) is 0 Å². The number of hydrogen-bond acceptors (Lipinski definition) is 5. The summed E-state index contributed by atoms with van der Waals surface area (Å²) >= 11 is 0. The van der Waals surface area contributed by atoms with E-state index in [1.54, 1.807) is 0 Å². The molecule has 0 aliphatic carbocycles. The van der Waals surface area contributed by atoms with E-state index in [0.29, 0.717) is 0 Å². The van der Waals surface area contributed by atoms with E-state index in [0.717, 1.165) is 12.1 Å².